The molecule has 1 fully saturated rings. The molecule has 3 heteroatoms. The molecule has 0 radical (unpaired) electrons. The van der Waals surface area contributed by atoms with E-state index < -0.39 is 6.43 Å². The molecule has 0 aromatic rings. The summed E-state index contributed by atoms with van der Waals surface area (Å²) < 4.78 is 24.0. The first-order chi connectivity index (χ1) is 5.74. The van der Waals surface area contributed by atoms with Crippen molar-refractivity contribution < 1.29 is 8.78 Å². The summed E-state index contributed by atoms with van der Waals surface area (Å²) in [5.41, 5.74) is 0. The zero-order valence-electron chi connectivity index (χ0n) is 7.11. The molecule has 0 aliphatic heterocycles. The van der Waals surface area contributed by atoms with Crippen LogP contribution in [0, 0.1) is 17.8 Å². The van der Waals surface area contributed by atoms with Gasteiger partial charge in [-0.05, 0) is 19.8 Å². The van der Waals surface area contributed by atoms with Gasteiger partial charge in [-0.25, -0.2) is 8.78 Å². The van der Waals surface area contributed by atoms with Gasteiger partial charge in [-0.2, -0.15) is 0 Å². The van der Waals surface area contributed by atoms with Crippen LogP contribution in [0.5, 0.6) is 0 Å². The van der Waals surface area contributed by atoms with E-state index in [1.165, 1.54) is 0 Å². The molecule has 12 heavy (non-hydrogen) atoms. The average molecular weight is 173 g/mol. The molecule has 1 rings (SSSR count). The molecule has 1 nitrogen and oxygen atoms in total. The van der Waals surface area contributed by atoms with Crippen LogP contribution in [0.2, 0.25) is 0 Å². The highest BCUT2D eigenvalue weighted by molar-refractivity contribution is 4.99. The molecule has 0 aromatic heterocycles. The maximum atomic E-state index is 12.0. The molecule has 0 bridgehead atoms. The van der Waals surface area contributed by atoms with Gasteiger partial charge < -0.3 is 5.32 Å². The Balaban J connectivity index is 2.04. The summed E-state index contributed by atoms with van der Waals surface area (Å²) in [6.45, 7) is 2.39. The van der Waals surface area contributed by atoms with Crippen LogP contribution in [-0.2, 0) is 0 Å². The summed E-state index contributed by atoms with van der Waals surface area (Å²) >= 11 is 0. The molecule has 0 spiro atoms. The van der Waals surface area contributed by atoms with Crippen molar-refractivity contribution in [3.63, 3.8) is 0 Å². The van der Waals surface area contributed by atoms with E-state index in [2.05, 4.69) is 17.2 Å². The Kier molecular flexibility index (Phi) is 3.48. The summed E-state index contributed by atoms with van der Waals surface area (Å²) in [4.78, 5) is 0. The first-order valence-corrected chi connectivity index (χ1v) is 4.15. The van der Waals surface area contributed by atoms with E-state index in [1.54, 1.807) is 6.92 Å². The molecule has 0 atom stereocenters. The second kappa shape index (κ2) is 4.42. The highest BCUT2D eigenvalue weighted by atomic mass is 19.3. The van der Waals surface area contributed by atoms with E-state index in [0.717, 1.165) is 0 Å². The van der Waals surface area contributed by atoms with Crippen LogP contribution in [0.1, 0.15) is 19.8 Å². The van der Waals surface area contributed by atoms with E-state index >= 15 is 0 Å². The molecule has 1 N–H and O–H groups in total. The summed E-state index contributed by atoms with van der Waals surface area (Å²) in [5.74, 6) is 5.21. The molecule has 0 aromatic carbocycles. The normalized spacial score (nSPS) is 27.7. The van der Waals surface area contributed by atoms with Gasteiger partial charge in [0.25, 0.3) is 0 Å². The zero-order valence-corrected chi connectivity index (χ0v) is 7.11. The van der Waals surface area contributed by atoms with E-state index in [4.69, 9.17) is 0 Å². The van der Waals surface area contributed by atoms with E-state index in [0.29, 0.717) is 19.4 Å². The van der Waals surface area contributed by atoms with Crippen molar-refractivity contribution in [2.45, 2.75) is 32.2 Å². The highest BCUT2D eigenvalue weighted by Crippen LogP contribution is 2.32. The molecule has 1 aliphatic carbocycles. The lowest BCUT2D eigenvalue weighted by Gasteiger charge is -2.34. The van der Waals surface area contributed by atoms with Crippen molar-refractivity contribution in [3.8, 4) is 11.8 Å². The fraction of sp³-hybridized carbons (Fsp3) is 0.778. The van der Waals surface area contributed by atoms with Gasteiger partial charge >= 0.3 is 0 Å². The van der Waals surface area contributed by atoms with Gasteiger partial charge in [0, 0.05) is 12.0 Å². The minimum Gasteiger partial charge on any atom is -0.303 e. The Bertz CT molecular complexity index is 186. The minimum absolute atomic E-state index is 0.268. The average Bonchev–Trinajstić information content (AvgIpc) is 1.93. The maximum absolute atomic E-state index is 12.0. The van der Waals surface area contributed by atoms with Crippen LogP contribution in [0.4, 0.5) is 8.78 Å². The first kappa shape index (κ1) is 9.47. The predicted octanol–water partition coefficient (Wildman–Crippen LogP) is 1.64. The molecule has 1 saturated carbocycles. The summed E-state index contributed by atoms with van der Waals surface area (Å²) in [6.07, 6.45) is -0.938. The van der Waals surface area contributed by atoms with Crippen LogP contribution in [0.3, 0.4) is 0 Å². The van der Waals surface area contributed by atoms with Gasteiger partial charge in [0.2, 0.25) is 6.43 Å². The summed E-state index contributed by atoms with van der Waals surface area (Å²) in [6, 6.07) is 0.268. The van der Waals surface area contributed by atoms with Crippen molar-refractivity contribution in [1.82, 2.24) is 5.32 Å². The van der Waals surface area contributed by atoms with E-state index in [1.807, 2.05) is 0 Å². The summed E-state index contributed by atoms with van der Waals surface area (Å²) in [7, 11) is 0. The lowest BCUT2D eigenvalue weighted by molar-refractivity contribution is 0.0169. The number of hydrogen-bond donors (Lipinski definition) is 1. The molecule has 1 aliphatic rings. The lowest BCUT2D eigenvalue weighted by atomic mass is 9.80. The Morgan fingerprint density at radius 3 is 2.67 bits per heavy atom. The van der Waals surface area contributed by atoms with Crippen LogP contribution >= 0.6 is 0 Å². The Hall–Kier alpha value is -0.620. The number of hydrogen-bond acceptors (Lipinski definition) is 1. The molecule has 0 unspecified atom stereocenters. The smallest absolute Gasteiger partial charge is 0.241 e. The van der Waals surface area contributed by atoms with Crippen LogP contribution in [0.15, 0.2) is 0 Å². The zero-order chi connectivity index (χ0) is 8.97. The molecule has 0 saturated heterocycles. The SMILES string of the molecule is CC#CCNC1CC(C(F)F)C1. The third kappa shape index (κ3) is 2.46. The molecule has 68 valence electrons. The monoisotopic (exact) mass is 173 g/mol. The van der Waals surface area contributed by atoms with Gasteiger partial charge in [-0.1, -0.05) is 5.92 Å². The quantitative estimate of drug-likeness (QED) is 0.640. The third-order valence-corrected chi connectivity index (χ3v) is 2.19. The maximum Gasteiger partial charge on any atom is 0.241 e. The van der Waals surface area contributed by atoms with Crippen LogP contribution < -0.4 is 5.32 Å². The Morgan fingerprint density at radius 2 is 2.17 bits per heavy atom. The minimum atomic E-state index is -2.14. The van der Waals surface area contributed by atoms with Crippen molar-refractivity contribution in [3.05, 3.63) is 0 Å². The van der Waals surface area contributed by atoms with E-state index in [9.17, 15) is 8.78 Å². The largest absolute Gasteiger partial charge is 0.303 e. The number of rotatable bonds is 3. The van der Waals surface area contributed by atoms with Crippen LogP contribution in [-0.4, -0.2) is 19.0 Å². The Labute approximate surface area is 71.5 Å². The first-order valence-electron chi connectivity index (χ1n) is 4.15. The molecule has 0 amide bonds. The van der Waals surface area contributed by atoms with E-state index in [-0.39, 0.29) is 12.0 Å². The number of alkyl halides is 2. The lowest BCUT2D eigenvalue weighted by Crippen LogP contribution is -2.43. The van der Waals surface area contributed by atoms with Crippen molar-refractivity contribution in [2.24, 2.45) is 5.92 Å². The fourth-order valence-corrected chi connectivity index (χ4v) is 1.32. The number of nitrogens with one attached hydrogen (secondary N) is 1. The predicted molar refractivity (Wildman–Crippen MR) is 44.0 cm³/mol. The molecule has 0 heterocycles. The van der Waals surface area contributed by atoms with Crippen molar-refractivity contribution in [1.29, 1.82) is 0 Å². The third-order valence-electron chi connectivity index (χ3n) is 2.19. The fourth-order valence-electron chi connectivity index (χ4n) is 1.32. The van der Waals surface area contributed by atoms with Gasteiger partial charge in [0.05, 0.1) is 6.54 Å². The standard InChI is InChI=1S/C9H13F2N/c1-2-3-4-12-8-5-7(6-8)9(10)11/h7-9,12H,4-6H2,1H3. The van der Waals surface area contributed by atoms with Crippen molar-refractivity contribution in [2.75, 3.05) is 6.54 Å². The molecular weight excluding hydrogens is 160 g/mol. The topological polar surface area (TPSA) is 12.0 Å². The summed E-state index contributed by atoms with van der Waals surface area (Å²) in [5, 5.41) is 3.10. The van der Waals surface area contributed by atoms with Gasteiger partial charge in [-0.15, -0.1) is 5.92 Å². The second-order valence-electron chi connectivity index (χ2n) is 3.07. The second-order valence-corrected chi connectivity index (χ2v) is 3.07. The number of halogens is 2. The van der Waals surface area contributed by atoms with Gasteiger partial charge in [0.15, 0.2) is 0 Å². The van der Waals surface area contributed by atoms with Gasteiger partial charge in [-0.3, -0.25) is 0 Å². The van der Waals surface area contributed by atoms with Crippen molar-refractivity contribution >= 4 is 0 Å². The molecular formula is C9H13F2N. The highest BCUT2D eigenvalue weighted by Gasteiger charge is 2.34. The Morgan fingerprint density at radius 1 is 1.50 bits per heavy atom. The van der Waals surface area contributed by atoms with Crippen LogP contribution in [0.25, 0.3) is 0 Å². The van der Waals surface area contributed by atoms with Gasteiger partial charge in [0.1, 0.15) is 0 Å².